The van der Waals surface area contributed by atoms with Crippen LogP contribution in [0.1, 0.15) is 23.9 Å². The van der Waals surface area contributed by atoms with Crippen LogP contribution in [0.15, 0.2) is 20.1 Å². The first kappa shape index (κ1) is 12.2. The topological polar surface area (TPSA) is 76.8 Å². The highest BCUT2D eigenvalue weighted by Crippen LogP contribution is 2.25. The second kappa shape index (κ2) is 5.25. The fraction of sp³-hybridized carbons (Fsp3) is 0.364. The normalized spacial score (nSPS) is 13.8. The first-order valence-corrected chi connectivity index (χ1v) is 4.92. The van der Waals surface area contributed by atoms with Crippen LogP contribution in [0.3, 0.4) is 0 Å². The maximum atomic E-state index is 5.35. The molecule has 0 radical (unpaired) electrons. The first-order valence-electron chi connectivity index (χ1n) is 4.92. The number of aryl methyl sites for hydroxylation is 2. The van der Waals surface area contributed by atoms with Gasteiger partial charge in [-0.2, -0.15) is 0 Å². The summed E-state index contributed by atoms with van der Waals surface area (Å²) in [7, 11) is 1.71. The van der Waals surface area contributed by atoms with Gasteiger partial charge in [0.15, 0.2) is 0 Å². The van der Waals surface area contributed by atoms with E-state index in [0.29, 0.717) is 0 Å². The number of nitrogens with two attached hydrogens (primary N) is 1. The van der Waals surface area contributed by atoms with Crippen LogP contribution >= 0.6 is 0 Å². The summed E-state index contributed by atoms with van der Waals surface area (Å²) in [6.07, 6.45) is 2.99. The molecule has 0 aliphatic carbocycles. The first-order chi connectivity index (χ1) is 7.61. The van der Waals surface area contributed by atoms with Gasteiger partial charge in [0, 0.05) is 13.3 Å². The Morgan fingerprint density at radius 2 is 2.12 bits per heavy atom. The number of rotatable bonds is 3. The van der Waals surface area contributed by atoms with Crippen LogP contribution in [0.4, 0.5) is 0 Å². The summed E-state index contributed by atoms with van der Waals surface area (Å²) in [4.78, 5) is 8.11. The maximum Gasteiger partial charge on any atom is 0.143 e. The molecular weight excluding hydrogens is 204 g/mol. The third-order valence-electron chi connectivity index (χ3n) is 2.17. The Morgan fingerprint density at radius 3 is 2.56 bits per heavy atom. The van der Waals surface area contributed by atoms with E-state index < -0.39 is 0 Å². The van der Waals surface area contributed by atoms with Crippen molar-refractivity contribution in [1.82, 2.24) is 5.16 Å². The molecule has 1 heterocycles. The van der Waals surface area contributed by atoms with E-state index >= 15 is 0 Å². The molecule has 5 nitrogen and oxygen atoms in total. The molecule has 0 amide bonds. The van der Waals surface area contributed by atoms with Crippen LogP contribution < -0.4 is 5.73 Å². The van der Waals surface area contributed by atoms with Crippen LogP contribution in [-0.4, -0.2) is 24.8 Å². The zero-order valence-electron chi connectivity index (χ0n) is 9.98. The van der Waals surface area contributed by atoms with Crippen molar-refractivity contribution in [3.05, 3.63) is 22.6 Å². The van der Waals surface area contributed by atoms with E-state index in [1.54, 1.807) is 13.3 Å². The Morgan fingerprint density at radius 1 is 1.44 bits per heavy atom. The van der Waals surface area contributed by atoms with Crippen LogP contribution in [0.5, 0.6) is 0 Å². The number of allylic oxidation sites excluding steroid dienone is 1. The summed E-state index contributed by atoms with van der Waals surface area (Å²) in [6.45, 7) is 5.63. The lowest BCUT2D eigenvalue weighted by Crippen LogP contribution is -1.96. The van der Waals surface area contributed by atoms with Gasteiger partial charge in [0.25, 0.3) is 0 Å². The zero-order chi connectivity index (χ0) is 12.1. The van der Waals surface area contributed by atoms with E-state index in [0.717, 1.165) is 28.3 Å². The predicted molar refractivity (Wildman–Crippen MR) is 65.7 cm³/mol. The monoisotopic (exact) mass is 220 g/mol. The summed E-state index contributed by atoms with van der Waals surface area (Å²) in [5.74, 6) is 0.724. The average Bonchev–Trinajstić information content (AvgIpc) is 2.56. The van der Waals surface area contributed by atoms with E-state index in [1.165, 1.54) is 6.34 Å². The molecule has 1 rings (SSSR count). The van der Waals surface area contributed by atoms with Crippen LogP contribution in [0.25, 0.3) is 5.70 Å². The Bertz CT molecular complexity index is 435. The largest absolute Gasteiger partial charge is 0.390 e. The number of hydrogen-bond donors (Lipinski definition) is 1. The number of hydrogen-bond acceptors (Lipinski definition) is 4. The lowest BCUT2D eigenvalue weighted by molar-refractivity contribution is 0.393. The number of nitrogens with zero attached hydrogens (tertiary/aromatic N) is 3. The van der Waals surface area contributed by atoms with E-state index in [9.17, 15) is 0 Å². The molecule has 0 saturated carbocycles. The Kier molecular flexibility index (Phi) is 3.99. The lowest BCUT2D eigenvalue weighted by atomic mass is 10.1. The van der Waals surface area contributed by atoms with Gasteiger partial charge in [0.1, 0.15) is 5.76 Å². The maximum absolute atomic E-state index is 5.35. The van der Waals surface area contributed by atoms with Crippen LogP contribution in [0, 0.1) is 13.8 Å². The molecule has 0 atom stereocenters. The van der Waals surface area contributed by atoms with Gasteiger partial charge in [0.05, 0.1) is 23.3 Å². The van der Waals surface area contributed by atoms with Crippen molar-refractivity contribution in [2.24, 2.45) is 15.7 Å². The molecule has 0 bridgehead atoms. The molecule has 0 saturated heterocycles. The smallest absolute Gasteiger partial charge is 0.143 e. The van der Waals surface area contributed by atoms with Gasteiger partial charge in [-0.1, -0.05) is 5.16 Å². The SMILES string of the molecule is CN=CC(C)=C(N=CN)c1c(C)noc1C. The second-order valence-electron chi connectivity index (χ2n) is 3.40. The fourth-order valence-electron chi connectivity index (χ4n) is 1.51. The van der Waals surface area contributed by atoms with E-state index in [1.807, 2.05) is 20.8 Å². The molecule has 0 aliphatic rings. The minimum absolute atomic E-state index is 0.724. The summed E-state index contributed by atoms with van der Waals surface area (Å²) in [6, 6.07) is 0. The summed E-state index contributed by atoms with van der Waals surface area (Å²) in [5.41, 5.74) is 8.67. The van der Waals surface area contributed by atoms with Crippen molar-refractivity contribution in [3.8, 4) is 0 Å². The molecule has 16 heavy (non-hydrogen) atoms. The lowest BCUT2D eigenvalue weighted by Gasteiger charge is -2.03. The molecule has 0 fully saturated rings. The van der Waals surface area contributed by atoms with Crippen LogP contribution in [-0.2, 0) is 0 Å². The summed E-state index contributed by atoms with van der Waals surface area (Å²) < 4.78 is 5.11. The number of aromatic nitrogens is 1. The van der Waals surface area contributed by atoms with Crippen molar-refractivity contribution >= 4 is 18.3 Å². The van der Waals surface area contributed by atoms with E-state index in [4.69, 9.17) is 10.3 Å². The molecular formula is C11H16N4O. The standard InChI is InChI=1S/C11H16N4O/c1-7(5-13-4)11(14-6-12)10-8(2)15-16-9(10)3/h5-6H,1-4H3,(H2,12,14). The quantitative estimate of drug-likeness (QED) is 0.622. The molecule has 1 aromatic heterocycles. The van der Waals surface area contributed by atoms with Crippen molar-refractivity contribution in [2.45, 2.75) is 20.8 Å². The van der Waals surface area contributed by atoms with Gasteiger partial charge < -0.3 is 10.3 Å². The van der Waals surface area contributed by atoms with E-state index in [2.05, 4.69) is 15.1 Å². The minimum atomic E-state index is 0.724. The predicted octanol–water partition coefficient (Wildman–Crippen LogP) is 1.71. The van der Waals surface area contributed by atoms with Gasteiger partial charge in [0.2, 0.25) is 0 Å². The second-order valence-corrected chi connectivity index (χ2v) is 3.40. The van der Waals surface area contributed by atoms with Gasteiger partial charge in [-0.05, 0) is 26.3 Å². The molecule has 0 spiro atoms. The molecule has 1 aromatic rings. The van der Waals surface area contributed by atoms with Crippen LogP contribution in [0.2, 0.25) is 0 Å². The summed E-state index contributed by atoms with van der Waals surface area (Å²) in [5, 5.41) is 3.89. The summed E-state index contributed by atoms with van der Waals surface area (Å²) >= 11 is 0. The molecule has 5 heteroatoms. The molecule has 86 valence electrons. The zero-order valence-corrected chi connectivity index (χ0v) is 9.98. The Labute approximate surface area is 94.8 Å². The highest BCUT2D eigenvalue weighted by molar-refractivity contribution is 5.92. The Balaban J connectivity index is 3.39. The van der Waals surface area contributed by atoms with Gasteiger partial charge >= 0.3 is 0 Å². The van der Waals surface area contributed by atoms with Crippen molar-refractivity contribution in [3.63, 3.8) is 0 Å². The van der Waals surface area contributed by atoms with Gasteiger partial charge in [-0.25, -0.2) is 4.99 Å². The third-order valence-corrected chi connectivity index (χ3v) is 2.17. The number of aliphatic imine (C=N–C) groups is 2. The van der Waals surface area contributed by atoms with Gasteiger partial charge in [-0.15, -0.1) is 0 Å². The highest BCUT2D eigenvalue weighted by atomic mass is 16.5. The molecule has 0 aliphatic heterocycles. The molecule has 2 N–H and O–H groups in total. The molecule has 0 aromatic carbocycles. The third kappa shape index (κ3) is 2.36. The van der Waals surface area contributed by atoms with Crippen molar-refractivity contribution < 1.29 is 4.52 Å². The van der Waals surface area contributed by atoms with Gasteiger partial charge in [-0.3, -0.25) is 4.99 Å². The fourth-order valence-corrected chi connectivity index (χ4v) is 1.51. The van der Waals surface area contributed by atoms with Crippen molar-refractivity contribution in [1.29, 1.82) is 0 Å². The minimum Gasteiger partial charge on any atom is -0.390 e. The average molecular weight is 220 g/mol. The van der Waals surface area contributed by atoms with Crippen molar-refractivity contribution in [2.75, 3.05) is 7.05 Å². The van der Waals surface area contributed by atoms with E-state index in [-0.39, 0.29) is 0 Å². The Hall–Kier alpha value is -1.91. The molecule has 0 unspecified atom stereocenters. The highest BCUT2D eigenvalue weighted by Gasteiger charge is 2.14.